The number of rotatable bonds is 4. The van der Waals surface area contributed by atoms with Crippen molar-refractivity contribution in [3.63, 3.8) is 0 Å². The second-order valence-electron chi connectivity index (χ2n) is 5.78. The van der Waals surface area contributed by atoms with Gasteiger partial charge in [0.25, 0.3) is 0 Å². The van der Waals surface area contributed by atoms with E-state index in [1.807, 2.05) is 4.90 Å². The van der Waals surface area contributed by atoms with Crippen molar-refractivity contribution in [1.29, 1.82) is 0 Å². The number of aliphatic hydroxyl groups excluding tert-OH is 1. The van der Waals surface area contributed by atoms with Gasteiger partial charge in [-0.2, -0.15) is 0 Å². The summed E-state index contributed by atoms with van der Waals surface area (Å²) in [6.45, 7) is 3.47. The van der Waals surface area contributed by atoms with Crippen LogP contribution in [0.3, 0.4) is 0 Å². The number of aliphatic hydroxyl groups is 1. The second kappa shape index (κ2) is 5.57. The number of methoxy groups -OCH3 is 1. The van der Waals surface area contributed by atoms with Gasteiger partial charge in [-0.3, -0.25) is 4.79 Å². The molecule has 1 amide bonds. The monoisotopic (exact) mass is 255 g/mol. The number of carbonyl (C=O) groups excluding carboxylic acids is 1. The van der Waals surface area contributed by atoms with Crippen LogP contribution in [0.4, 0.5) is 0 Å². The average molecular weight is 255 g/mol. The van der Waals surface area contributed by atoms with Gasteiger partial charge in [0.15, 0.2) is 0 Å². The lowest BCUT2D eigenvalue weighted by Crippen LogP contribution is -2.50. The molecule has 0 bridgehead atoms. The van der Waals surface area contributed by atoms with Crippen molar-refractivity contribution in [3.05, 3.63) is 0 Å². The molecule has 2 unspecified atom stereocenters. The van der Waals surface area contributed by atoms with Crippen LogP contribution in [0.2, 0.25) is 0 Å². The van der Waals surface area contributed by atoms with Gasteiger partial charge in [-0.15, -0.1) is 0 Å². The molecule has 2 atom stereocenters. The number of amides is 1. The zero-order valence-corrected chi connectivity index (χ0v) is 11.5. The van der Waals surface area contributed by atoms with Crippen LogP contribution in [0.25, 0.3) is 0 Å². The summed E-state index contributed by atoms with van der Waals surface area (Å²) in [7, 11) is 1.71. The summed E-state index contributed by atoms with van der Waals surface area (Å²) in [5.74, 6) is 0.435. The van der Waals surface area contributed by atoms with Gasteiger partial charge >= 0.3 is 0 Å². The summed E-state index contributed by atoms with van der Waals surface area (Å²) in [6.07, 6.45) is 5.09. The van der Waals surface area contributed by atoms with Crippen LogP contribution >= 0.6 is 0 Å². The number of carbonyl (C=O) groups is 1. The van der Waals surface area contributed by atoms with Crippen molar-refractivity contribution in [2.45, 2.75) is 57.2 Å². The first-order valence-electron chi connectivity index (χ1n) is 7.11. The fraction of sp³-hybridized carbons (Fsp3) is 0.929. The topological polar surface area (TPSA) is 49.8 Å². The fourth-order valence-corrected chi connectivity index (χ4v) is 3.06. The van der Waals surface area contributed by atoms with E-state index in [2.05, 4.69) is 6.92 Å². The van der Waals surface area contributed by atoms with Crippen LogP contribution in [-0.2, 0) is 9.53 Å². The SMILES string of the molecule is CCC1CN(C(=O)CC2(OC)CCC2)CCC1O. The molecular weight excluding hydrogens is 230 g/mol. The molecule has 1 aliphatic heterocycles. The molecule has 1 saturated heterocycles. The van der Waals surface area contributed by atoms with Crippen LogP contribution in [0.5, 0.6) is 0 Å². The van der Waals surface area contributed by atoms with Crippen molar-refractivity contribution >= 4 is 5.91 Å². The lowest BCUT2D eigenvalue weighted by molar-refractivity contribution is -0.147. The first-order valence-corrected chi connectivity index (χ1v) is 7.11. The number of hydrogen-bond donors (Lipinski definition) is 1. The maximum absolute atomic E-state index is 12.3. The van der Waals surface area contributed by atoms with Crippen molar-refractivity contribution in [3.8, 4) is 0 Å². The minimum atomic E-state index is -0.237. The molecule has 1 aliphatic carbocycles. The third kappa shape index (κ3) is 2.69. The molecule has 2 aliphatic rings. The third-order valence-corrected chi connectivity index (χ3v) is 4.74. The lowest BCUT2D eigenvalue weighted by atomic mass is 9.77. The number of likely N-dealkylation sites (tertiary alicyclic amines) is 1. The molecule has 1 heterocycles. The smallest absolute Gasteiger partial charge is 0.225 e. The number of piperidine rings is 1. The molecule has 104 valence electrons. The normalized spacial score (nSPS) is 30.9. The van der Waals surface area contributed by atoms with E-state index in [0.29, 0.717) is 25.9 Å². The number of nitrogens with zero attached hydrogens (tertiary/aromatic N) is 1. The van der Waals surface area contributed by atoms with Gasteiger partial charge in [-0.1, -0.05) is 6.92 Å². The molecule has 2 rings (SSSR count). The highest BCUT2D eigenvalue weighted by Crippen LogP contribution is 2.38. The number of ether oxygens (including phenoxy) is 1. The fourth-order valence-electron chi connectivity index (χ4n) is 3.06. The highest BCUT2D eigenvalue weighted by molar-refractivity contribution is 5.77. The molecular formula is C14H25NO3. The van der Waals surface area contributed by atoms with Crippen molar-refractivity contribution in [1.82, 2.24) is 4.90 Å². The van der Waals surface area contributed by atoms with E-state index in [1.165, 1.54) is 0 Å². The zero-order valence-electron chi connectivity index (χ0n) is 11.5. The number of hydrogen-bond acceptors (Lipinski definition) is 3. The quantitative estimate of drug-likeness (QED) is 0.829. The first-order chi connectivity index (χ1) is 8.60. The van der Waals surface area contributed by atoms with Crippen LogP contribution in [0.1, 0.15) is 45.4 Å². The second-order valence-corrected chi connectivity index (χ2v) is 5.78. The zero-order chi connectivity index (χ0) is 13.2. The highest BCUT2D eigenvalue weighted by Gasteiger charge is 2.41. The Balaban J connectivity index is 1.89. The Morgan fingerprint density at radius 3 is 2.72 bits per heavy atom. The molecule has 0 spiro atoms. The summed E-state index contributed by atoms with van der Waals surface area (Å²) in [6, 6.07) is 0. The summed E-state index contributed by atoms with van der Waals surface area (Å²) >= 11 is 0. The summed E-state index contributed by atoms with van der Waals surface area (Å²) in [4.78, 5) is 14.2. The van der Waals surface area contributed by atoms with Crippen LogP contribution in [0.15, 0.2) is 0 Å². The Labute approximate surface area is 109 Å². The maximum atomic E-state index is 12.3. The minimum absolute atomic E-state index is 0.186. The van der Waals surface area contributed by atoms with Crippen molar-refractivity contribution < 1.29 is 14.6 Å². The van der Waals surface area contributed by atoms with E-state index >= 15 is 0 Å². The maximum Gasteiger partial charge on any atom is 0.225 e. The minimum Gasteiger partial charge on any atom is -0.393 e. The average Bonchev–Trinajstić information content (AvgIpc) is 2.34. The molecule has 18 heavy (non-hydrogen) atoms. The van der Waals surface area contributed by atoms with Gasteiger partial charge in [0, 0.05) is 26.1 Å². The van der Waals surface area contributed by atoms with Gasteiger partial charge in [0.2, 0.25) is 5.91 Å². The van der Waals surface area contributed by atoms with Gasteiger partial charge in [0.1, 0.15) is 0 Å². The molecule has 4 nitrogen and oxygen atoms in total. The predicted molar refractivity (Wildman–Crippen MR) is 69.2 cm³/mol. The van der Waals surface area contributed by atoms with Crippen molar-refractivity contribution in [2.75, 3.05) is 20.2 Å². The molecule has 0 aromatic carbocycles. The summed E-state index contributed by atoms with van der Waals surface area (Å²) < 4.78 is 5.51. The Bertz CT molecular complexity index is 296. The largest absolute Gasteiger partial charge is 0.393 e. The summed E-state index contributed by atoms with van der Waals surface area (Å²) in [5, 5.41) is 9.84. The van der Waals surface area contributed by atoms with Gasteiger partial charge in [-0.25, -0.2) is 0 Å². The molecule has 1 saturated carbocycles. The molecule has 1 N–H and O–H groups in total. The van der Waals surface area contributed by atoms with Gasteiger partial charge < -0.3 is 14.7 Å². The van der Waals surface area contributed by atoms with Gasteiger partial charge in [0.05, 0.1) is 18.1 Å². The Kier molecular flexibility index (Phi) is 4.28. The Hall–Kier alpha value is -0.610. The predicted octanol–water partition coefficient (Wildman–Crippen LogP) is 1.56. The summed E-state index contributed by atoms with van der Waals surface area (Å²) in [5.41, 5.74) is -0.186. The Morgan fingerprint density at radius 2 is 2.22 bits per heavy atom. The van der Waals surface area contributed by atoms with Gasteiger partial charge in [-0.05, 0) is 32.1 Å². The van der Waals surface area contributed by atoms with E-state index in [1.54, 1.807) is 7.11 Å². The molecule has 2 fully saturated rings. The first kappa shape index (κ1) is 13.8. The van der Waals surface area contributed by atoms with E-state index in [-0.39, 0.29) is 23.5 Å². The molecule has 0 aromatic rings. The van der Waals surface area contributed by atoms with E-state index in [4.69, 9.17) is 4.74 Å². The van der Waals surface area contributed by atoms with Crippen molar-refractivity contribution in [2.24, 2.45) is 5.92 Å². The van der Waals surface area contributed by atoms with E-state index in [9.17, 15) is 9.90 Å². The third-order valence-electron chi connectivity index (χ3n) is 4.74. The van der Waals surface area contributed by atoms with E-state index in [0.717, 1.165) is 25.7 Å². The highest BCUT2D eigenvalue weighted by atomic mass is 16.5. The lowest BCUT2D eigenvalue weighted by Gasteiger charge is -2.42. The van der Waals surface area contributed by atoms with Crippen LogP contribution in [-0.4, -0.2) is 47.8 Å². The molecule has 4 heteroatoms. The molecule has 0 radical (unpaired) electrons. The standard InChI is InChI=1S/C14H25NO3/c1-3-11-10-15(8-5-12(11)16)13(17)9-14(18-2)6-4-7-14/h11-12,16H,3-10H2,1-2H3. The van der Waals surface area contributed by atoms with Crippen LogP contribution in [0, 0.1) is 5.92 Å². The Morgan fingerprint density at radius 1 is 1.50 bits per heavy atom. The van der Waals surface area contributed by atoms with Crippen LogP contribution < -0.4 is 0 Å². The molecule has 0 aromatic heterocycles. The van der Waals surface area contributed by atoms with E-state index < -0.39 is 0 Å².